The van der Waals surface area contributed by atoms with Crippen LogP contribution in [0.3, 0.4) is 0 Å². The average Bonchev–Trinajstić information content (AvgIpc) is 3.61. The fraction of sp³-hybridized carbons (Fsp3) is 0.417. The van der Waals surface area contributed by atoms with Crippen LogP contribution >= 0.6 is 0 Å². The second-order valence-corrected chi connectivity index (χ2v) is 9.72. The lowest BCUT2D eigenvalue weighted by atomic mass is 9.96. The summed E-state index contributed by atoms with van der Waals surface area (Å²) in [7, 11) is -3.54. The summed E-state index contributed by atoms with van der Waals surface area (Å²) in [4.78, 5) is 24.6. The zero-order valence-corrected chi connectivity index (χ0v) is 20.0. The third-order valence-electron chi connectivity index (χ3n) is 5.67. The van der Waals surface area contributed by atoms with Crippen LogP contribution in [0.4, 0.5) is 5.69 Å². The van der Waals surface area contributed by atoms with Gasteiger partial charge in [0.2, 0.25) is 10.0 Å². The minimum absolute atomic E-state index is 0.180. The number of carbonyl (C=O) groups excluding carboxylic acids is 2. The molecule has 1 aliphatic rings. The molecule has 1 amide bonds. The smallest absolute Gasteiger partial charge is 0.316 e. The fourth-order valence-corrected chi connectivity index (χ4v) is 5.10. The average molecular weight is 475 g/mol. The summed E-state index contributed by atoms with van der Waals surface area (Å²) in [5.41, 5.74) is 0.926. The van der Waals surface area contributed by atoms with Crippen LogP contribution in [0.1, 0.15) is 39.2 Å². The van der Waals surface area contributed by atoms with Gasteiger partial charge in [-0.25, -0.2) is 8.42 Å². The lowest BCUT2D eigenvalue weighted by molar-refractivity contribution is -0.146. The molecule has 2 aromatic carbocycles. The van der Waals surface area contributed by atoms with E-state index in [0.717, 1.165) is 18.4 Å². The van der Waals surface area contributed by atoms with Crippen molar-refractivity contribution in [1.29, 1.82) is 0 Å². The van der Waals surface area contributed by atoms with Crippen LogP contribution in [0.25, 0.3) is 0 Å². The zero-order valence-electron chi connectivity index (χ0n) is 19.2. The van der Waals surface area contributed by atoms with Crippen LogP contribution in [0.15, 0.2) is 53.4 Å². The Kier molecular flexibility index (Phi) is 7.76. The van der Waals surface area contributed by atoms with Crippen LogP contribution in [0.5, 0.6) is 5.75 Å². The lowest BCUT2D eigenvalue weighted by Crippen LogP contribution is -2.30. The maximum Gasteiger partial charge on any atom is 0.316 e. The third-order valence-corrected chi connectivity index (χ3v) is 7.74. The van der Waals surface area contributed by atoms with Crippen molar-refractivity contribution in [2.24, 2.45) is 0 Å². The van der Waals surface area contributed by atoms with Crippen molar-refractivity contribution in [1.82, 2.24) is 4.31 Å². The molecule has 33 heavy (non-hydrogen) atoms. The first-order valence-corrected chi connectivity index (χ1v) is 12.5. The van der Waals surface area contributed by atoms with E-state index in [4.69, 9.17) is 9.47 Å². The van der Waals surface area contributed by atoms with Gasteiger partial charge >= 0.3 is 5.97 Å². The van der Waals surface area contributed by atoms with E-state index in [1.807, 2.05) is 12.1 Å². The van der Waals surface area contributed by atoms with Crippen LogP contribution in [-0.2, 0) is 29.8 Å². The molecule has 0 aliphatic heterocycles. The SMILES string of the molecule is CCOC(=O)C1(c2ccc(NC(=O)COc3ccc(S(=O)(=O)N(CC)CC)cc3)cc2)CC1. The number of nitrogens with zero attached hydrogens (tertiary/aromatic N) is 1. The summed E-state index contributed by atoms with van der Waals surface area (Å²) in [5.74, 6) is -0.163. The summed E-state index contributed by atoms with van der Waals surface area (Å²) in [6, 6.07) is 13.2. The van der Waals surface area contributed by atoms with Crippen molar-refractivity contribution in [3.8, 4) is 5.75 Å². The van der Waals surface area contributed by atoms with Crippen LogP contribution in [0.2, 0.25) is 0 Å². The Morgan fingerprint density at radius 1 is 0.970 bits per heavy atom. The van der Waals surface area contributed by atoms with E-state index in [0.29, 0.717) is 31.1 Å². The number of ether oxygens (including phenoxy) is 2. The first-order valence-electron chi connectivity index (χ1n) is 11.1. The molecule has 9 heteroatoms. The van der Waals surface area contributed by atoms with Crippen LogP contribution in [-0.4, -0.2) is 50.9 Å². The molecule has 0 aromatic heterocycles. The summed E-state index contributed by atoms with van der Waals surface area (Å²) in [6.45, 7) is 6.27. The number of sulfonamides is 1. The highest BCUT2D eigenvalue weighted by Crippen LogP contribution is 2.49. The molecular weight excluding hydrogens is 444 g/mol. The van der Waals surface area contributed by atoms with Crippen molar-refractivity contribution < 1.29 is 27.5 Å². The molecule has 0 bridgehead atoms. The minimum Gasteiger partial charge on any atom is -0.484 e. The molecule has 0 saturated heterocycles. The van der Waals surface area contributed by atoms with Crippen molar-refractivity contribution in [2.75, 3.05) is 31.6 Å². The van der Waals surface area contributed by atoms with Gasteiger partial charge in [0.1, 0.15) is 5.75 Å². The number of amides is 1. The number of benzene rings is 2. The van der Waals surface area contributed by atoms with E-state index < -0.39 is 15.4 Å². The second-order valence-electron chi connectivity index (χ2n) is 7.78. The van der Waals surface area contributed by atoms with E-state index in [-0.39, 0.29) is 23.4 Å². The van der Waals surface area contributed by atoms with E-state index in [2.05, 4.69) is 5.32 Å². The Bertz CT molecular complexity index is 1070. The van der Waals surface area contributed by atoms with Gasteiger partial charge < -0.3 is 14.8 Å². The maximum absolute atomic E-state index is 12.5. The molecule has 2 aromatic rings. The zero-order chi connectivity index (χ0) is 24.1. The Morgan fingerprint density at radius 3 is 2.09 bits per heavy atom. The van der Waals surface area contributed by atoms with Gasteiger partial charge in [0, 0.05) is 18.8 Å². The summed E-state index contributed by atoms with van der Waals surface area (Å²) in [5, 5.41) is 2.75. The van der Waals surface area contributed by atoms with Gasteiger partial charge in [-0.05, 0) is 61.7 Å². The molecule has 3 rings (SSSR count). The Balaban J connectivity index is 1.54. The number of rotatable bonds is 11. The van der Waals surface area contributed by atoms with Gasteiger partial charge in [0.15, 0.2) is 6.61 Å². The second kappa shape index (κ2) is 10.4. The Hall–Kier alpha value is -2.91. The van der Waals surface area contributed by atoms with Gasteiger partial charge in [0.05, 0.1) is 16.9 Å². The lowest BCUT2D eigenvalue weighted by Gasteiger charge is -2.18. The molecule has 8 nitrogen and oxygen atoms in total. The Morgan fingerprint density at radius 2 is 1.58 bits per heavy atom. The van der Waals surface area contributed by atoms with Gasteiger partial charge in [-0.1, -0.05) is 26.0 Å². The third kappa shape index (κ3) is 5.54. The molecule has 1 aliphatic carbocycles. The van der Waals surface area contributed by atoms with Gasteiger partial charge in [-0.3, -0.25) is 9.59 Å². The molecule has 0 unspecified atom stereocenters. The van der Waals surface area contributed by atoms with E-state index in [9.17, 15) is 18.0 Å². The highest BCUT2D eigenvalue weighted by molar-refractivity contribution is 7.89. The largest absolute Gasteiger partial charge is 0.484 e. The molecule has 1 saturated carbocycles. The Labute approximate surface area is 194 Å². The summed E-state index contributed by atoms with van der Waals surface area (Å²) < 4.78 is 37.1. The molecule has 0 spiro atoms. The van der Waals surface area contributed by atoms with Crippen molar-refractivity contribution >= 4 is 27.6 Å². The van der Waals surface area contributed by atoms with Crippen LogP contribution in [0, 0.1) is 0 Å². The molecular formula is C24H30N2O6S. The van der Waals surface area contributed by atoms with Gasteiger partial charge in [0.25, 0.3) is 5.91 Å². The highest BCUT2D eigenvalue weighted by Gasteiger charge is 2.52. The van der Waals surface area contributed by atoms with Crippen molar-refractivity contribution in [2.45, 2.75) is 43.9 Å². The van der Waals surface area contributed by atoms with E-state index >= 15 is 0 Å². The number of carbonyl (C=O) groups is 2. The predicted molar refractivity (Wildman–Crippen MR) is 125 cm³/mol. The normalized spacial score (nSPS) is 14.5. The van der Waals surface area contributed by atoms with E-state index in [1.165, 1.54) is 28.6 Å². The summed E-state index contributed by atoms with van der Waals surface area (Å²) >= 11 is 0. The molecule has 0 heterocycles. The van der Waals surface area contributed by atoms with E-state index in [1.54, 1.807) is 32.9 Å². The first kappa shape index (κ1) is 24.7. The number of hydrogen-bond donors (Lipinski definition) is 1. The molecule has 0 radical (unpaired) electrons. The molecule has 178 valence electrons. The monoisotopic (exact) mass is 474 g/mol. The van der Waals surface area contributed by atoms with Gasteiger partial charge in [-0.15, -0.1) is 0 Å². The van der Waals surface area contributed by atoms with Gasteiger partial charge in [-0.2, -0.15) is 4.31 Å². The molecule has 0 atom stereocenters. The van der Waals surface area contributed by atoms with Crippen molar-refractivity contribution in [3.63, 3.8) is 0 Å². The molecule has 1 N–H and O–H groups in total. The number of anilines is 1. The minimum atomic E-state index is -3.54. The number of hydrogen-bond acceptors (Lipinski definition) is 6. The number of nitrogens with one attached hydrogen (secondary N) is 1. The molecule has 1 fully saturated rings. The standard InChI is InChI=1S/C24H30N2O6S/c1-4-26(5-2)33(29,30)21-13-11-20(12-14-21)32-17-22(27)25-19-9-7-18(8-10-19)24(15-16-24)23(28)31-6-3/h7-14H,4-6,15-17H2,1-3H3,(H,25,27). The fourth-order valence-electron chi connectivity index (χ4n) is 3.64. The van der Waals surface area contributed by atoms with Crippen molar-refractivity contribution in [3.05, 3.63) is 54.1 Å². The quantitative estimate of drug-likeness (QED) is 0.501. The predicted octanol–water partition coefficient (Wildman–Crippen LogP) is 3.33. The highest BCUT2D eigenvalue weighted by atomic mass is 32.2. The summed E-state index contributed by atoms with van der Waals surface area (Å²) in [6.07, 6.45) is 1.53. The topological polar surface area (TPSA) is 102 Å². The maximum atomic E-state index is 12.5. The van der Waals surface area contributed by atoms with Crippen LogP contribution < -0.4 is 10.1 Å². The number of esters is 1. The first-order chi connectivity index (χ1) is 15.8.